The van der Waals surface area contributed by atoms with Crippen LogP contribution in [0.4, 0.5) is 17.8 Å². The number of carbonyl (C=O) groups is 6. The minimum absolute atomic E-state index is 0.0417. The fourth-order valence-electron chi connectivity index (χ4n) is 2.83. The molecule has 1 aromatic heterocycles. The Hall–Kier alpha value is -4.85. The molecule has 50 heavy (non-hydrogen) atoms. The highest BCUT2D eigenvalue weighted by Crippen LogP contribution is 2.26. The third-order valence-electron chi connectivity index (χ3n) is 4.72. The number of carboxylic acid groups (broad SMARTS) is 6. The SMILES string of the molecule is CC1(C)CC(N)CC(C)(C)N1.CCC(=O)O.CCC(=O)O.CCC(=O)O.CCC(=O)O.CCC(=O)O.CCC(=O)O.Nc1nc(N)nc(N)n1. The van der Waals surface area contributed by atoms with Crippen LogP contribution in [0.15, 0.2) is 0 Å². The Morgan fingerprint density at radius 2 is 0.660 bits per heavy atom. The first kappa shape index (κ1) is 57.4. The van der Waals surface area contributed by atoms with Crippen LogP contribution in [0.3, 0.4) is 0 Å². The number of carboxylic acids is 6. The van der Waals surface area contributed by atoms with E-state index in [2.05, 4.69) is 48.0 Å². The number of nitrogens with one attached hydrogen (secondary N) is 1. The number of piperidine rings is 1. The predicted octanol–water partition coefficient (Wildman–Crippen LogP) is 2.76. The van der Waals surface area contributed by atoms with Crippen molar-refractivity contribution in [2.45, 2.75) is 138 Å². The van der Waals surface area contributed by atoms with Gasteiger partial charge in [0, 0.05) is 55.6 Å². The van der Waals surface area contributed by atoms with E-state index in [-0.39, 0.29) is 67.4 Å². The van der Waals surface area contributed by atoms with Crippen LogP contribution in [0.5, 0.6) is 0 Å². The molecular weight excluding hydrogens is 664 g/mol. The number of hydrogen-bond donors (Lipinski definition) is 11. The summed E-state index contributed by atoms with van der Waals surface area (Å²) >= 11 is 0. The van der Waals surface area contributed by atoms with E-state index in [9.17, 15) is 28.8 Å². The minimum atomic E-state index is -0.745. The number of nitrogens with zero attached hydrogens (tertiary/aromatic N) is 3. The van der Waals surface area contributed by atoms with Gasteiger partial charge in [-0.25, -0.2) is 0 Å². The van der Waals surface area contributed by atoms with Crippen molar-refractivity contribution in [1.29, 1.82) is 0 Å². The summed E-state index contributed by atoms with van der Waals surface area (Å²) in [5, 5.41) is 49.9. The summed E-state index contributed by atoms with van der Waals surface area (Å²) in [7, 11) is 0. The molecular formula is C30H62N8O12. The molecule has 0 saturated carbocycles. The number of nitrogens with two attached hydrogens (primary N) is 4. The van der Waals surface area contributed by atoms with Gasteiger partial charge < -0.3 is 58.9 Å². The summed E-state index contributed by atoms with van der Waals surface area (Å²) in [6.45, 7) is 18.5. The lowest BCUT2D eigenvalue weighted by Gasteiger charge is -2.45. The van der Waals surface area contributed by atoms with Crippen LogP contribution >= 0.6 is 0 Å². The molecule has 0 aromatic carbocycles. The van der Waals surface area contributed by atoms with Gasteiger partial charge in [0.15, 0.2) is 0 Å². The number of nitrogen functional groups attached to an aromatic ring is 3. The van der Waals surface area contributed by atoms with Crippen LogP contribution in [-0.2, 0) is 28.8 Å². The summed E-state index contributed by atoms with van der Waals surface area (Å²) in [5.41, 5.74) is 21.8. The zero-order chi connectivity index (χ0) is 41.3. The van der Waals surface area contributed by atoms with Gasteiger partial charge in [-0.1, -0.05) is 41.5 Å². The number of anilines is 3. The molecule has 0 unspecified atom stereocenters. The highest BCUT2D eigenvalue weighted by molar-refractivity contribution is 5.67. The second kappa shape index (κ2) is 34.0. The van der Waals surface area contributed by atoms with Gasteiger partial charge in [0.2, 0.25) is 17.8 Å². The van der Waals surface area contributed by atoms with E-state index in [0.717, 1.165) is 12.8 Å². The standard InChI is InChI=1S/C9H20N2.C3H6N6.6C3H6O2/c1-8(2)5-7(10)6-9(3,4)11-8;4-1-7-2(5)9-3(6)8-1;6*1-2-3(4)5/h7,11H,5-6,10H2,1-4H3;(H6,4,5,6,7,8,9);6*2H2,1H3,(H,4,5). The summed E-state index contributed by atoms with van der Waals surface area (Å²) in [4.78, 5) is 66.7. The Morgan fingerprint density at radius 3 is 0.760 bits per heavy atom. The van der Waals surface area contributed by atoms with Gasteiger partial charge in [-0.05, 0) is 40.5 Å². The molecule has 15 N–H and O–H groups in total. The van der Waals surface area contributed by atoms with Crippen molar-refractivity contribution in [2.24, 2.45) is 5.73 Å². The van der Waals surface area contributed by atoms with Crippen LogP contribution in [0.2, 0.25) is 0 Å². The number of aliphatic carboxylic acids is 6. The second-order valence-electron chi connectivity index (χ2n) is 11.0. The first-order valence-electron chi connectivity index (χ1n) is 15.5. The Bertz CT molecular complexity index is 929. The molecule has 1 aliphatic heterocycles. The fourth-order valence-corrected chi connectivity index (χ4v) is 2.83. The van der Waals surface area contributed by atoms with Crippen molar-refractivity contribution < 1.29 is 59.4 Å². The molecule has 0 atom stereocenters. The Morgan fingerprint density at radius 1 is 0.520 bits per heavy atom. The van der Waals surface area contributed by atoms with E-state index in [4.69, 9.17) is 53.6 Å². The van der Waals surface area contributed by atoms with E-state index in [1.165, 1.54) is 0 Å². The molecule has 20 nitrogen and oxygen atoms in total. The Labute approximate surface area is 294 Å². The molecule has 1 fully saturated rings. The Kier molecular flexibility index (Phi) is 39.1. The van der Waals surface area contributed by atoms with Crippen molar-refractivity contribution in [2.75, 3.05) is 17.2 Å². The summed E-state index contributed by atoms with van der Waals surface area (Å²) in [6, 6.07) is 0.362. The van der Waals surface area contributed by atoms with Crippen molar-refractivity contribution in [3.8, 4) is 0 Å². The van der Waals surface area contributed by atoms with Crippen molar-refractivity contribution in [3.63, 3.8) is 0 Å². The maximum atomic E-state index is 9.37. The van der Waals surface area contributed by atoms with Gasteiger partial charge in [-0.15, -0.1) is 0 Å². The summed E-state index contributed by atoms with van der Waals surface area (Å²) in [6.07, 6.45) is 3.49. The van der Waals surface area contributed by atoms with Gasteiger partial charge >= 0.3 is 35.8 Å². The smallest absolute Gasteiger partial charge is 0.303 e. The van der Waals surface area contributed by atoms with E-state index < -0.39 is 35.8 Å². The fraction of sp³-hybridized carbons (Fsp3) is 0.700. The van der Waals surface area contributed by atoms with Gasteiger partial charge in [0.1, 0.15) is 0 Å². The zero-order valence-corrected chi connectivity index (χ0v) is 31.0. The lowest BCUT2D eigenvalue weighted by molar-refractivity contribution is -0.137. The molecule has 1 aromatic rings. The van der Waals surface area contributed by atoms with Crippen LogP contribution in [0.25, 0.3) is 0 Å². The van der Waals surface area contributed by atoms with Gasteiger partial charge in [-0.3, -0.25) is 28.8 Å². The minimum Gasteiger partial charge on any atom is -0.481 e. The monoisotopic (exact) mass is 726 g/mol. The Balaban J connectivity index is -0.000000114. The maximum absolute atomic E-state index is 9.37. The third kappa shape index (κ3) is 62.0. The number of aromatic nitrogens is 3. The molecule has 1 aliphatic rings. The zero-order valence-electron chi connectivity index (χ0n) is 31.0. The summed E-state index contributed by atoms with van der Waals surface area (Å²) < 4.78 is 0. The molecule has 294 valence electrons. The van der Waals surface area contributed by atoms with Crippen molar-refractivity contribution in [1.82, 2.24) is 20.3 Å². The average Bonchev–Trinajstić information content (AvgIpc) is 2.96. The van der Waals surface area contributed by atoms with Gasteiger partial charge in [0.05, 0.1) is 0 Å². The molecule has 0 aliphatic carbocycles. The molecule has 0 spiro atoms. The number of rotatable bonds is 6. The van der Waals surface area contributed by atoms with Gasteiger partial charge in [0.25, 0.3) is 0 Å². The van der Waals surface area contributed by atoms with E-state index in [0.29, 0.717) is 6.04 Å². The van der Waals surface area contributed by atoms with Crippen LogP contribution in [0.1, 0.15) is 121 Å². The summed E-state index contributed by atoms with van der Waals surface area (Å²) in [5.74, 6) is -4.35. The quantitative estimate of drug-likeness (QED) is 0.201. The lowest BCUT2D eigenvalue weighted by atomic mass is 9.80. The van der Waals surface area contributed by atoms with Crippen molar-refractivity contribution in [3.05, 3.63) is 0 Å². The molecule has 0 radical (unpaired) electrons. The molecule has 0 bridgehead atoms. The normalized spacial score (nSPS) is 12.8. The third-order valence-corrected chi connectivity index (χ3v) is 4.72. The lowest BCUT2D eigenvalue weighted by Crippen LogP contribution is -2.60. The van der Waals surface area contributed by atoms with Crippen LogP contribution in [0, 0.1) is 0 Å². The van der Waals surface area contributed by atoms with Crippen LogP contribution in [-0.4, -0.2) is 98.5 Å². The highest BCUT2D eigenvalue weighted by atomic mass is 16.4. The number of hydrogen-bond acceptors (Lipinski definition) is 14. The molecule has 0 amide bonds. The molecule has 2 heterocycles. The van der Waals surface area contributed by atoms with E-state index >= 15 is 0 Å². The second-order valence-corrected chi connectivity index (χ2v) is 11.0. The molecule has 20 heteroatoms. The van der Waals surface area contributed by atoms with E-state index in [1.807, 2.05) is 0 Å². The maximum Gasteiger partial charge on any atom is 0.303 e. The average molecular weight is 727 g/mol. The van der Waals surface area contributed by atoms with Crippen LogP contribution < -0.4 is 28.3 Å². The molecule has 1 saturated heterocycles. The van der Waals surface area contributed by atoms with Gasteiger partial charge in [-0.2, -0.15) is 15.0 Å². The topological polar surface area (TPSA) is 379 Å². The van der Waals surface area contributed by atoms with E-state index in [1.54, 1.807) is 41.5 Å². The largest absolute Gasteiger partial charge is 0.481 e. The first-order valence-corrected chi connectivity index (χ1v) is 15.5. The predicted molar refractivity (Wildman–Crippen MR) is 189 cm³/mol. The van der Waals surface area contributed by atoms with Crippen molar-refractivity contribution >= 4 is 53.7 Å². The highest BCUT2D eigenvalue weighted by Gasteiger charge is 2.35. The molecule has 2 rings (SSSR count). The first-order chi connectivity index (χ1) is 22.6.